The van der Waals surface area contributed by atoms with Gasteiger partial charge in [0.1, 0.15) is 18.1 Å². The number of nitrogens with one attached hydrogen (secondary N) is 1. The van der Waals surface area contributed by atoms with Crippen molar-refractivity contribution in [1.29, 1.82) is 0 Å². The van der Waals surface area contributed by atoms with Crippen molar-refractivity contribution in [2.24, 2.45) is 0 Å². The number of hydrogen-bond acceptors (Lipinski definition) is 4. The van der Waals surface area contributed by atoms with E-state index in [1.165, 1.54) is 0 Å². The summed E-state index contributed by atoms with van der Waals surface area (Å²) in [5, 5.41) is 2.82. The molecule has 5 nitrogen and oxygen atoms in total. The van der Waals surface area contributed by atoms with Crippen molar-refractivity contribution < 1.29 is 14.3 Å². The Bertz CT molecular complexity index is 404. The third kappa shape index (κ3) is 8.19. The molecule has 0 unspecified atom stereocenters. The summed E-state index contributed by atoms with van der Waals surface area (Å²) in [7, 11) is 4.02. The molecule has 0 saturated heterocycles. The molecule has 0 saturated carbocycles. The molecule has 0 atom stereocenters. The van der Waals surface area contributed by atoms with Gasteiger partial charge in [-0.05, 0) is 44.8 Å². The standard InChI is InChI=1S/C16H26N2O3/c1-4-10-17-16(19)9-12-20-14-5-7-15(8-6-14)21-13-11-18(2)3/h5-8H,4,9-13H2,1-3H3,(H,17,19). The number of nitrogens with zero attached hydrogens (tertiary/aromatic N) is 1. The average Bonchev–Trinajstić information content (AvgIpc) is 2.46. The van der Waals surface area contributed by atoms with Gasteiger partial charge in [0.25, 0.3) is 0 Å². The third-order valence-electron chi connectivity index (χ3n) is 2.80. The summed E-state index contributed by atoms with van der Waals surface area (Å²) in [5.41, 5.74) is 0. The zero-order valence-electron chi connectivity index (χ0n) is 13.2. The quantitative estimate of drug-likeness (QED) is 0.716. The second kappa shape index (κ2) is 10.0. The van der Waals surface area contributed by atoms with E-state index in [9.17, 15) is 4.79 Å². The Hall–Kier alpha value is -1.75. The number of likely N-dealkylation sites (N-methyl/N-ethyl adjacent to an activating group) is 1. The highest BCUT2D eigenvalue weighted by Gasteiger charge is 2.01. The first-order valence-electron chi connectivity index (χ1n) is 7.39. The van der Waals surface area contributed by atoms with Gasteiger partial charge in [-0.2, -0.15) is 0 Å². The number of hydrogen-bond donors (Lipinski definition) is 1. The van der Waals surface area contributed by atoms with Gasteiger partial charge in [0.15, 0.2) is 0 Å². The highest BCUT2D eigenvalue weighted by Crippen LogP contribution is 2.17. The molecule has 0 fully saturated rings. The van der Waals surface area contributed by atoms with E-state index in [0.717, 1.165) is 31.0 Å². The van der Waals surface area contributed by atoms with Gasteiger partial charge < -0.3 is 19.7 Å². The van der Waals surface area contributed by atoms with Crippen LogP contribution in [-0.4, -0.2) is 51.2 Å². The Kier molecular flexibility index (Phi) is 8.28. The van der Waals surface area contributed by atoms with Gasteiger partial charge in [0, 0.05) is 13.1 Å². The Labute approximate surface area is 127 Å². The van der Waals surface area contributed by atoms with Crippen LogP contribution in [0.3, 0.4) is 0 Å². The molecule has 0 heterocycles. The van der Waals surface area contributed by atoms with Crippen LogP contribution in [0.5, 0.6) is 11.5 Å². The van der Waals surface area contributed by atoms with Crippen LogP contribution in [0.4, 0.5) is 0 Å². The zero-order valence-corrected chi connectivity index (χ0v) is 13.2. The number of amides is 1. The maximum Gasteiger partial charge on any atom is 0.223 e. The van der Waals surface area contributed by atoms with E-state index >= 15 is 0 Å². The van der Waals surface area contributed by atoms with Crippen molar-refractivity contribution in [3.05, 3.63) is 24.3 Å². The lowest BCUT2D eigenvalue weighted by atomic mass is 10.3. The van der Waals surface area contributed by atoms with Crippen LogP contribution in [-0.2, 0) is 4.79 Å². The first-order valence-corrected chi connectivity index (χ1v) is 7.39. The Morgan fingerprint density at radius 1 is 1.10 bits per heavy atom. The monoisotopic (exact) mass is 294 g/mol. The van der Waals surface area contributed by atoms with Crippen LogP contribution < -0.4 is 14.8 Å². The van der Waals surface area contributed by atoms with Gasteiger partial charge in [0.05, 0.1) is 13.0 Å². The van der Waals surface area contributed by atoms with Gasteiger partial charge in [-0.3, -0.25) is 4.79 Å². The molecule has 0 radical (unpaired) electrons. The molecule has 0 bridgehead atoms. The number of carbonyl (C=O) groups is 1. The molecular formula is C16H26N2O3. The van der Waals surface area contributed by atoms with Crippen LogP contribution in [0.25, 0.3) is 0 Å². The molecule has 1 aromatic rings. The summed E-state index contributed by atoms with van der Waals surface area (Å²) in [4.78, 5) is 13.5. The van der Waals surface area contributed by atoms with Crippen LogP contribution in [0, 0.1) is 0 Å². The van der Waals surface area contributed by atoms with Crippen molar-refractivity contribution in [1.82, 2.24) is 10.2 Å². The molecule has 0 aliphatic carbocycles. The minimum absolute atomic E-state index is 0.0282. The van der Waals surface area contributed by atoms with Crippen LogP contribution in [0.15, 0.2) is 24.3 Å². The van der Waals surface area contributed by atoms with Crippen molar-refractivity contribution in [3.63, 3.8) is 0 Å². The van der Waals surface area contributed by atoms with Gasteiger partial charge in [-0.15, -0.1) is 0 Å². The van der Waals surface area contributed by atoms with E-state index in [-0.39, 0.29) is 5.91 Å². The van der Waals surface area contributed by atoms with Gasteiger partial charge in [0.2, 0.25) is 5.91 Å². The lowest BCUT2D eigenvalue weighted by molar-refractivity contribution is -0.121. The number of ether oxygens (including phenoxy) is 2. The van der Waals surface area contributed by atoms with E-state index in [1.807, 2.05) is 45.3 Å². The SMILES string of the molecule is CCCNC(=O)CCOc1ccc(OCCN(C)C)cc1. The molecule has 0 aliphatic rings. The molecule has 0 aromatic heterocycles. The predicted octanol–water partition coefficient (Wildman–Crippen LogP) is 1.92. The summed E-state index contributed by atoms with van der Waals surface area (Å²) in [6, 6.07) is 7.47. The van der Waals surface area contributed by atoms with Crippen molar-refractivity contribution in [3.8, 4) is 11.5 Å². The van der Waals surface area contributed by atoms with E-state index in [2.05, 4.69) is 10.2 Å². The smallest absolute Gasteiger partial charge is 0.223 e. The lowest BCUT2D eigenvalue weighted by Gasteiger charge is -2.11. The Morgan fingerprint density at radius 3 is 2.19 bits per heavy atom. The van der Waals surface area contributed by atoms with E-state index in [1.54, 1.807) is 0 Å². The summed E-state index contributed by atoms with van der Waals surface area (Å²) in [6.45, 7) is 4.67. The van der Waals surface area contributed by atoms with E-state index in [0.29, 0.717) is 19.6 Å². The van der Waals surface area contributed by atoms with Crippen LogP contribution >= 0.6 is 0 Å². The van der Waals surface area contributed by atoms with Crippen molar-refractivity contribution >= 4 is 5.91 Å². The molecule has 0 spiro atoms. The minimum atomic E-state index is 0.0282. The molecule has 1 aromatic carbocycles. The largest absolute Gasteiger partial charge is 0.493 e. The topological polar surface area (TPSA) is 50.8 Å². The summed E-state index contributed by atoms with van der Waals surface area (Å²) in [6.07, 6.45) is 1.32. The fourth-order valence-electron chi connectivity index (χ4n) is 1.59. The average molecular weight is 294 g/mol. The molecular weight excluding hydrogens is 268 g/mol. The number of rotatable bonds is 10. The zero-order chi connectivity index (χ0) is 15.5. The molecule has 1 N–H and O–H groups in total. The normalized spacial score (nSPS) is 10.5. The molecule has 0 aliphatic heterocycles. The highest BCUT2D eigenvalue weighted by atomic mass is 16.5. The minimum Gasteiger partial charge on any atom is -0.493 e. The fourth-order valence-corrected chi connectivity index (χ4v) is 1.59. The third-order valence-corrected chi connectivity index (χ3v) is 2.80. The van der Waals surface area contributed by atoms with E-state index < -0.39 is 0 Å². The highest BCUT2D eigenvalue weighted by molar-refractivity contribution is 5.75. The number of benzene rings is 1. The molecule has 5 heteroatoms. The Balaban J connectivity index is 2.23. The predicted molar refractivity (Wildman–Crippen MR) is 83.9 cm³/mol. The second-order valence-electron chi connectivity index (χ2n) is 5.07. The summed E-state index contributed by atoms with van der Waals surface area (Å²) in [5.74, 6) is 1.60. The second-order valence-corrected chi connectivity index (χ2v) is 5.07. The Morgan fingerprint density at radius 2 is 1.67 bits per heavy atom. The maximum absolute atomic E-state index is 11.4. The summed E-state index contributed by atoms with van der Waals surface area (Å²) >= 11 is 0. The van der Waals surface area contributed by atoms with Gasteiger partial charge >= 0.3 is 0 Å². The molecule has 1 rings (SSSR count). The first-order chi connectivity index (χ1) is 10.1. The van der Waals surface area contributed by atoms with Gasteiger partial charge in [-0.1, -0.05) is 6.92 Å². The van der Waals surface area contributed by atoms with Crippen molar-refractivity contribution in [2.45, 2.75) is 19.8 Å². The number of carbonyl (C=O) groups excluding carboxylic acids is 1. The van der Waals surface area contributed by atoms with Crippen molar-refractivity contribution in [2.75, 3.05) is 40.4 Å². The molecule has 1 amide bonds. The summed E-state index contributed by atoms with van der Waals surface area (Å²) < 4.78 is 11.1. The molecule has 21 heavy (non-hydrogen) atoms. The van der Waals surface area contributed by atoms with Crippen LogP contribution in [0.2, 0.25) is 0 Å². The lowest BCUT2D eigenvalue weighted by Crippen LogP contribution is -2.25. The van der Waals surface area contributed by atoms with E-state index in [4.69, 9.17) is 9.47 Å². The molecule has 118 valence electrons. The first kappa shape index (κ1) is 17.3. The van der Waals surface area contributed by atoms with Gasteiger partial charge in [-0.25, -0.2) is 0 Å². The fraction of sp³-hybridized carbons (Fsp3) is 0.562. The van der Waals surface area contributed by atoms with Crippen LogP contribution in [0.1, 0.15) is 19.8 Å². The maximum atomic E-state index is 11.4.